The van der Waals surface area contributed by atoms with Crippen LogP contribution in [0, 0.1) is 53.8 Å². The maximum absolute atomic E-state index is 5.94. The topological polar surface area (TPSA) is 0 Å². The first kappa shape index (κ1) is 15.5. The molecular formula is C20H23B-. The van der Waals surface area contributed by atoms with E-state index in [9.17, 15) is 0 Å². The van der Waals surface area contributed by atoms with Crippen molar-refractivity contribution < 1.29 is 0 Å². The zero-order valence-electron chi connectivity index (χ0n) is 14.0. The maximum Gasteiger partial charge on any atom is 0.0171 e. The average molecular weight is 274 g/mol. The summed E-state index contributed by atoms with van der Waals surface area (Å²) < 4.78 is 0. The van der Waals surface area contributed by atoms with E-state index in [2.05, 4.69) is 71.6 Å². The predicted molar refractivity (Wildman–Crippen MR) is 95.2 cm³/mol. The first-order chi connectivity index (χ1) is 9.85. The Morgan fingerprint density at radius 1 is 0.667 bits per heavy atom. The molecule has 21 heavy (non-hydrogen) atoms. The van der Waals surface area contributed by atoms with Crippen molar-refractivity contribution >= 4 is 17.6 Å². The Labute approximate surface area is 129 Å². The molecule has 0 saturated heterocycles. The standard InChI is InChI=1S/C20H23B/c1-8-21(19-15(4)9-13(2)10-16(19)5)20-17(6)11-14(3)12-18(20)7/h1,9-12H,2-7H3/q-1. The van der Waals surface area contributed by atoms with Crippen LogP contribution in [0.2, 0.25) is 0 Å². The van der Waals surface area contributed by atoms with E-state index in [0.717, 1.165) is 0 Å². The van der Waals surface area contributed by atoms with E-state index in [1.165, 1.54) is 44.3 Å². The molecule has 0 saturated carbocycles. The molecule has 0 bridgehead atoms. The smallest absolute Gasteiger partial charge is 0.0171 e. The highest BCUT2D eigenvalue weighted by Gasteiger charge is 2.11. The summed E-state index contributed by atoms with van der Waals surface area (Å²) in [5.41, 5.74) is 10.3. The fraction of sp³-hybridized carbons (Fsp3) is 0.300. The van der Waals surface area contributed by atoms with Gasteiger partial charge in [-0.15, -0.1) is 0 Å². The molecule has 0 spiro atoms. The molecule has 0 atom stereocenters. The number of aryl methyl sites for hydroxylation is 6. The Morgan fingerprint density at radius 2 is 0.952 bits per heavy atom. The van der Waals surface area contributed by atoms with Crippen molar-refractivity contribution in [2.75, 3.05) is 0 Å². The van der Waals surface area contributed by atoms with Gasteiger partial charge in [-0.1, -0.05) is 57.6 Å². The summed E-state index contributed by atoms with van der Waals surface area (Å²) >= 11 is 0. The van der Waals surface area contributed by atoms with E-state index < -0.39 is 0 Å². The number of terminal acetylenes is 1. The second kappa shape index (κ2) is 5.82. The second-order valence-corrected chi connectivity index (χ2v) is 6.22. The summed E-state index contributed by atoms with van der Waals surface area (Å²) in [6.45, 7) is 13.0. The van der Waals surface area contributed by atoms with E-state index in [-0.39, 0.29) is 6.71 Å². The van der Waals surface area contributed by atoms with Crippen LogP contribution in [0.1, 0.15) is 33.4 Å². The van der Waals surface area contributed by atoms with Gasteiger partial charge in [0.1, 0.15) is 0 Å². The Bertz CT molecular complexity index is 628. The highest BCUT2D eigenvalue weighted by atomic mass is 14.1. The lowest BCUT2D eigenvalue weighted by Gasteiger charge is -2.32. The van der Waals surface area contributed by atoms with Crippen LogP contribution in [-0.4, -0.2) is 6.71 Å². The third-order valence-electron chi connectivity index (χ3n) is 4.22. The molecule has 1 radical (unpaired) electrons. The molecule has 2 aromatic carbocycles. The fourth-order valence-electron chi connectivity index (χ4n) is 3.60. The monoisotopic (exact) mass is 274 g/mol. The van der Waals surface area contributed by atoms with Crippen molar-refractivity contribution in [1.82, 2.24) is 0 Å². The SMILES string of the molecule is C#C[B-](c1c(C)cc(C)cc1C)c1c(C)cc(C)cc1C. The lowest BCUT2D eigenvalue weighted by molar-refractivity contribution is 1.34. The fourth-order valence-corrected chi connectivity index (χ4v) is 3.60. The quantitative estimate of drug-likeness (QED) is 0.582. The Morgan fingerprint density at radius 3 is 1.19 bits per heavy atom. The molecule has 0 fully saturated rings. The van der Waals surface area contributed by atoms with Gasteiger partial charge in [-0.25, -0.2) is 10.9 Å². The summed E-state index contributed by atoms with van der Waals surface area (Å²) in [6, 6.07) is 8.91. The van der Waals surface area contributed by atoms with E-state index >= 15 is 0 Å². The molecule has 1 heteroatoms. The van der Waals surface area contributed by atoms with Crippen molar-refractivity contribution in [3.05, 3.63) is 57.6 Å². The van der Waals surface area contributed by atoms with Crippen molar-refractivity contribution in [2.45, 2.75) is 41.5 Å². The zero-order valence-corrected chi connectivity index (χ0v) is 14.0. The van der Waals surface area contributed by atoms with Crippen LogP contribution in [0.15, 0.2) is 24.3 Å². The van der Waals surface area contributed by atoms with Crippen LogP contribution in [0.4, 0.5) is 0 Å². The lowest BCUT2D eigenvalue weighted by Crippen LogP contribution is -2.46. The highest BCUT2D eigenvalue weighted by molar-refractivity contribution is 6.92. The van der Waals surface area contributed by atoms with Crippen LogP contribution in [0.25, 0.3) is 0 Å². The van der Waals surface area contributed by atoms with Gasteiger partial charge in [0, 0.05) is 6.71 Å². The van der Waals surface area contributed by atoms with Crippen LogP contribution >= 0.6 is 0 Å². The number of rotatable bonds is 2. The van der Waals surface area contributed by atoms with Crippen molar-refractivity contribution in [2.24, 2.45) is 0 Å². The zero-order chi connectivity index (χ0) is 15.7. The lowest BCUT2D eigenvalue weighted by atomic mass is 9.38. The number of benzene rings is 2. The molecule has 0 aromatic heterocycles. The highest BCUT2D eigenvalue weighted by Crippen LogP contribution is 2.11. The number of hydrogen-bond acceptors (Lipinski definition) is 0. The van der Waals surface area contributed by atoms with Crippen LogP contribution < -0.4 is 10.9 Å². The van der Waals surface area contributed by atoms with Gasteiger partial charge in [-0.2, -0.15) is 6.42 Å². The summed E-state index contributed by atoms with van der Waals surface area (Å²) in [6.07, 6.45) is 5.94. The molecule has 0 aliphatic carbocycles. The van der Waals surface area contributed by atoms with Gasteiger partial charge in [0.15, 0.2) is 0 Å². The summed E-state index contributed by atoms with van der Waals surface area (Å²) in [7, 11) is 0. The first-order valence-electron chi connectivity index (χ1n) is 7.46. The minimum atomic E-state index is 0.0335. The Kier molecular flexibility index (Phi) is 4.28. The third kappa shape index (κ3) is 2.90. The molecule has 107 valence electrons. The molecule has 0 N–H and O–H groups in total. The summed E-state index contributed by atoms with van der Waals surface area (Å²) in [4.78, 5) is 0. The van der Waals surface area contributed by atoms with Crippen LogP contribution in [0.3, 0.4) is 0 Å². The minimum Gasteiger partial charge on any atom is -0.344 e. The van der Waals surface area contributed by atoms with Gasteiger partial charge in [0.25, 0.3) is 0 Å². The predicted octanol–water partition coefficient (Wildman–Crippen LogP) is 3.32. The average Bonchev–Trinajstić information content (AvgIpc) is 2.34. The van der Waals surface area contributed by atoms with Gasteiger partial charge in [0.05, 0.1) is 0 Å². The molecule has 0 aliphatic rings. The third-order valence-corrected chi connectivity index (χ3v) is 4.22. The normalized spacial score (nSPS) is 10.8. The van der Waals surface area contributed by atoms with E-state index in [0.29, 0.717) is 0 Å². The van der Waals surface area contributed by atoms with Gasteiger partial charge >= 0.3 is 0 Å². The van der Waals surface area contributed by atoms with E-state index in [1.807, 2.05) is 0 Å². The molecule has 0 unspecified atom stereocenters. The molecule has 0 amide bonds. The van der Waals surface area contributed by atoms with Crippen LogP contribution in [0.5, 0.6) is 0 Å². The van der Waals surface area contributed by atoms with Gasteiger partial charge in [0.2, 0.25) is 0 Å². The molecule has 0 aliphatic heterocycles. The van der Waals surface area contributed by atoms with Gasteiger partial charge in [-0.05, 0) is 41.5 Å². The Hall–Kier alpha value is -1.94. The summed E-state index contributed by atoms with van der Waals surface area (Å²) in [5, 5.41) is 0. The van der Waals surface area contributed by atoms with E-state index in [1.54, 1.807) is 0 Å². The maximum atomic E-state index is 5.94. The molecule has 2 aromatic rings. The molecule has 0 nitrogen and oxygen atoms in total. The van der Waals surface area contributed by atoms with Gasteiger partial charge < -0.3 is 5.82 Å². The Balaban J connectivity index is 2.70. The molecular weight excluding hydrogens is 251 g/mol. The van der Waals surface area contributed by atoms with E-state index in [4.69, 9.17) is 6.42 Å². The van der Waals surface area contributed by atoms with Gasteiger partial charge in [-0.3, -0.25) is 0 Å². The molecule has 0 heterocycles. The van der Waals surface area contributed by atoms with Crippen LogP contribution in [-0.2, 0) is 0 Å². The minimum absolute atomic E-state index is 0.0335. The summed E-state index contributed by atoms with van der Waals surface area (Å²) in [5.74, 6) is 3.04. The van der Waals surface area contributed by atoms with Crippen molar-refractivity contribution in [3.8, 4) is 12.2 Å². The molecule has 2 rings (SSSR count). The first-order valence-corrected chi connectivity index (χ1v) is 7.46. The largest absolute Gasteiger partial charge is 0.344 e. The second-order valence-electron chi connectivity index (χ2n) is 6.22. The van der Waals surface area contributed by atoms with Crippen molar-refractivity contribution in [3.63, 3.8) is 0 Å². The number of hydrogen-bond donors (Lipinski definition) is 0. The van der Waals surface area contributed by atoms with Crippen molar-refractivity contribution in [1.29, 1.82) is 0 Å².